The molecule has 0 aromatic carbocycles. The Balaban J connectivity index is 1.67. The number of ether oxygens (including phenoxy) is 2. The average molecular weight is 354 g/mol. The van der Waals surface area contributed by atoms with Crippen molar-refractivity contribution in [2.75, 3.05) is 0 Å². The molecule has 2 bridgehead atoms. The predicted octanol–water partition coefficient (Wildman–Crippen LogP) is 3.75. The number of carbonyl (C=O) groups is 1. The zero-order valence-electron chi connectivity index (χ0n) is 14.6. The Hall–Kier alpha value is -1.56. The van der Waals surface area contributed by atoms with Gasteiger partial charge in [-0.25, -0.2) is 14.8 Å². The van der Waals surface area contributed by atoms with E-state index in [0.29, 0.717) is 11.0 Å². The van der Waals surface area contributed by atoms with Crippen LogP contribution in [0.2, 0.25) is 5.15 Å². The molecule has 3 rings (SSSR count). The van der Waals surface area contributed by atoms with Gasteiger partial charge >= 0.3 is 6.09 Å². The number of nitrogens with zero attached hydrogens (tertiary/aromatic N) is 3. The van der Waals surface area contributed by atoms with E-state index in [9.17, 15) is 4.79 Å². The summed E-state index contributed by atoms with van der Waals surface area (Å²) in [6.45, 7) is 7.53. The van der Waals surface area contributed by atoms with Crippen molar-refractivity contribution in [2.45, 2.75) is 77.2 Å². The van der Waals surface area contributed by atoms with Crippen LogP contribution in [0.15, 0.2) is 6.33 Å². The monoisotopic (exact) mass is 353 g/mol. The Labute approximate surface area is 147 Å². The highest BCUT2D eigenvalue weighted by Gasteiger charge is 2.45. The molecule has 2 aliphatic heterocycles. The van der Waals surface area contributed by atoms with Crippen LogP contribution in [-0.2, 0) is 4.74 Å². The molecule has 0 spiro atoms. The van der Waals surface area contributed by atoms with Gasteiger partial charge in [-0.15, -0.1) is 0 Å². The third kappa shape index (κ3) is 3.58. The summed E-state index contributed by atoms with van der Waals surface area (Å²) in [4.78, 5) is 22.5. The molecule has 0 N–H and O–H groups in total. The molecular formula is C17H24ClN3O3. The highest BCUT2D eigenvalue weighted by Crippen LogP contribution is 2.38. The first-order valence-corrected chi connectivity index (χ1v) is 8.77. The van der Waals surface area contributed by atoms with Crippen molar-refractivity contribution >= 4 is 17.7 Å². The highest BCUT2D eigenvalue weighted by molar-refractivity contribution is 6.30. The quantitative estimate of drug-likeness (QED) is 0.757. The largest absolute Gasteiger partial charge is 0.474 e. The van der Waals surface area contributed by atoms with Crippen LogP contribution in [0.3, 0.4) is 0 Å². The van der Waals surface area contributed by atoms with E-state index in [1.54, 1.807) is 0 Å². The van der Waals surface area contributed by atoms with Crippen molar-refractivity contribution in [3.8, 4) is 5.88 Å². The number of piperidine rings is 1. The average Bonchev–Trinajstić information content (AvgIpc) is 2.74. The van der Waals surface area contributed by atoms with Crippen LogP contribution in [0, 0.1) is 6.92 Å². The van der Waals surface area contributed by atoms with Gasteiger partial charge in [0.05, 0.1) is 0 Å². The van der Waals surface area contributed by atoms with Crippen molar-refractivity contribution in [3.63, 3.8) is 0 Å². The van der Waals surface area contributed by atoms with Crippen molar-refractivity contribution in [2.24, 2.45) is 0 Å². The molecule has 2 fully saturated rings. The summed E-state index contributed by atoms with van der Waals surface area (Å²) in [5.74, 6) is 0.533. The lowest BCUT2D eigenvalue weighted by Gasteiger charge is -2.39. The summed E-state index contributed by atoms with van der Waals surface area (Å²) in [7, 11) is 0. The second-order valence-electron chi connectivity index (χ2n) is 7.58. The second kappa shape index (κ2) is 6.39. The molecule has 7 heteroatoms. The molecule has 2 unspecified atom stereocenters. The Morgan fingerprint density at radius 1 is 1.25 bits per heavy atom. The lowest BCUT2D eigenvalue weighted by atomic mass is 10.00. The lowest BCUT2D eigenvalue weighted by Crippen LogP contribution is -2.50. The smallest absolute Gasteiger partial charge is 0.410 e. The third-order valence-corrected chi connectivity index (χ3v) is 4.93. The SMILES string of the molecule is Cc1c(Cl)ncnc1OC1CC2CCC(C1)N2C(=O)OC(C)(C)C. The summed E-state index contributed by atoms with van der Waals surface area (Å²) < 4.78 is 11.6. The molecule has 1 amide bonds. The number of halogens is 1. The van der Waals surface area contributed by atoms with Gasteiger partial charge in [-0.3, -0.25) is 0 Å². The minimum Gasteiger partial charge on any atom is -0.474 e. The topological polar surface area (TPSA) is 64.6 Å². The molecule has 0 aliphatic carbocycles. The fourth-order valence-electron chi connectivity index (χ4n) is 3.53. The van der Waals surface area contributed by atoms with Crippen molar-refractivity contribution < 1.29 is 14.3 Å². The maximum absolute atomic E-state index is 12.5. The van der Waals surface area contributed by atoms with Crippen molar-refractivity contribution in [1.29, 1.82) is 0 Å². The number of rotatable bonds is 2. The van der Waals surface area contributed by atoms with Gasteiger partial charge in [-0.05, 0) is 40.5 Å². The van der Waals surface area contributed by atoms with E-state index in [4.69, 9.17) is 21.1 Å². The second-order valence-corrected chi connectivity index (χ2v) is 7.94. The lowest BCUT2D eigenvalue weighted by molar-refractivity contribution is -0.00770. The minimum absolute atomic E-state index is 0.0332. The predicted molar refractivity (Wildman–Crippen MR) is 90.3 cm³/mol. The van der Waals surface area contributed by atoms with E-state index < -0.39 is 5.60 Å². The van der Waals surface area contributed by atoms with E-state index in [2.05, 4.69) is 9.97 Å². The molecule has 24 heavy (non-hydrogen) atoms. The van der Waals surface area contributed by atoms with Crippen LogP contribution in [-0.4, -0.2) is 44.7 Å². The van der Waals surface area contributed by atoms with E-state index in [1.807, 2.05) is 32.6 Å². The molecule has 2 atom stereocenters. The summed E-state index contributed by atoms with van der Waals surface area (Å²) in [6.07, 6.45) is 4.80. The number of hydrogen-bond acceptors (Lipinski definition) is 5. The molecule has 2 aliphatic rings. The molecule has 6 nitrogen and oxygen atoms in total. The van der Waals surface area contributed by atoms with E-state index in [-0.39, 0.29) is 24.3 Å². The van der Waals surface area contributed by atoms with Gasteiger partial charge in [0.2, 0.25) is 5.88 Å². The fourth-order valence-corrected chi connectivity index (χ4v) is 3.65. The zero-order valence-corrected chi connectivity index (χ0v) is 15.3. The van der Waals surface area contributed by atoms with Gasteiger partial charge in [0, 0.05) is 30.5 Å². The number of fused-ring (bicyclic) bond motifs is 2. The number of aromatic nitrogens is 2. The summed E-state index contributed by atoms with van der Waals surface area (Å²) in [5, 5.41) is 0.411. The maximum atomic E-state index is 12.5. The Morgan fingerprint density at radius 2 is 1.88 bits per heavy atom. The number of hydrogen-bond donors (Lipinski definition) is 0. The molecule has 0 radical (unpaired) electrons. The Morgan fingerprint density at radius 3 is 2.46 bits per heavy atom. The minimum atomic E-state index is -0.474. The zero-order chi connectivity index (χ0) is 17.5. The van der Waals surface area contributed by atoms with E-state index in [0.717, 1.165) is 31.2 Å². The first kappa shape index (κ1) is 17.3. The maximum Gasteiger partial charge on any atom is 0.410 e. The molecular weight excluding hydrogens is 330 g/mol. The van der Waals surface area contributed by atoms with Crippen LogP contribution >= 0.6 is 11.6 Å². The van der Waals surface area contributed by atoms with Crippen LogP contribution in [0.4, 0.5) is 4.79 Å². The van der Waals surface area contributed by atoms with Gasteiger partial charge in [0.1, 0.15) is 23.2 Å². The van der Waals surface area contributed by atoms with Crippen LogP contribution < -0.4 is 4.74 Å². The van der Waals surface area contributed by atoms with Crippen molar-refractivity contribution in [3.05, 3.63) is 17.0 Å². The summed E-state index contributed by atoms with van der Waals surface area (Å²) in [6, 6.07) is 0.336. The van der Waals surface area contributed by atoms with Crippen molar-refractivity contribution in [1.82, 2.24) is 14.9 Å². The van der Waals surface area contributed by atoms with Crippen LogP contribution in [0.1, 0.15) is 52.0 Å². The number of amides is 1. The Bertz CT molecular complexity index is 618. The molecule has 1 aromatic rings. The number of carbonyl (C=O) groups excluding carboxylic acids is 1. The molecule has 1 aromatic heterocycles. The normalized spacial score (nSPS) is 26.4. The first-order chi connectivity index (χ1) is 11.2. The van der Waals surface area contributed by atoms with Gasteiger partial charge in [0.15, 0.2) is 0 Å². The molecule has 132 valence electrons. The van der Waals surface area contributed by atoms with E-state index in [1.165, 1.54) is 6.33 Å². The third-order valence-electron chi connectivity index (χ3n) is 4.55. The molecule has 3 heterocycles. The molecule has 2 saturated heterocycles. The molecule has 0 saturated carbocycles. The van der Waals surface area contributed by atoms with Gasteiger partial charge < -0.3 is 14.4 Å². The Kier molecular flexibility index (Phi) is 4.60. The van der Waals surface area contributed by atoms with Crippen LogP contribution in [0.25, 0.3) is 0 Å². The van der Waals surface area contributed by atoms with Gasteiger partial charge in [0.25, 0.3) is 0 Å². The first-order valence-electron chi connectivity index (χ1n) is 8.39. The van der Waals surface area contributed by atoms with Crippen LogP contribution in [0.5, 0.6) is 5.88 Å². The fraction of sp³-hybridized carbons (Fsp3) is 0.706. The standard InChI is InChI=1S/C17H24ClN3O3/c1-10-14(18)19-9-20-15(10)23-13-7-11-5-6-12(8-13)21(11)16(22)24-17(2,3)4/h9,11-13H,5-8H2,1-4H3. The summed E-state index contributed by atoms with van der Waals surface area (Å²) >= 11 is 6.03. The summed E-state index contributed by atoms with van der Waals surface area (Å²) in [5.41, 5.74) is 0.277. The van der Waals surface area contributed by atoms with E-state index >= 15 is 0 Å². The highest BCUT2D eigenvalue weighted by atomic mass is 35.5. The van der Waals surface area contributed by atoms with Gasteiger partial charge in [-0.1, -0.05) is 11.6 Å². The van der Waals surface area contributed by atoms with Gasteiger partial charge in [-0.2, -0.15) is 0 Å².